The molecule has 0 bridgehead atoms. The van der Waals surface area contributed by atoms with E-state index in [4.69, 9.17) is 0 Å². The van der Waals surface area contributed by atoms with E-state index in [0.717, 1.165) is 43.6 Å². The maximum atomic E-state index is 12.0. The van der Waals surface area contributed by atoms with Crippen molar-refractivity contribution in [1.29, 1.82) is 0 Å². The number of hydrogen-bond acceptors (Lipinski definition) is 4. The molecule has 1 fully saturated rings. The number of carbonyl (C=O) groups is 1. The minimum absolute atomic E-state index is 0.159. The van der Waals surface area contributed by atoms with Crippen LogP contribution in [0.4, 0.5) is 0 Å². The number of nitrogens with zero attached hydrogens (tertiary/aromatic N) is 3. The van der Waals surface area contributed by atoms with Gasteiger partial charge in [0, 0.05) is 43.0 Å². The van der Waals surface area contributed by atoms with Crippen molar-refractivity contribution in [3.8, 4) is 0 Å². The highest BCUT2D eigenvalue weighted by atomic mass is 16.2. The highest BCUT2D eigenvalue weighted by Gasteiger charge is 2.21. The Hall–Kier alpha value is -1.49. The van der Waals surface area contributed by atoms with E-state index in [9.17, 15) is 4.79 Å². The second-order valence-electron chi connectivity index (χ2n) is 5.50. The van der Waals surface area contributed by atoms with Crippen LogP contribution in [0.25, 0.3) is 0 Å². The van der Waals surface area contributed by atoms with Crippen LogP contribution in [-0.2, 0) is 17.8 Å². The molecular weight excluding hydrogens is 240 g/mol. The van der Waals surface area contributed by atoms with Crippen LogP contribution in [0.15, 0.2) is 12.5 Å². The molecule has 0 atom stereocenters. The average Bonchev–Trinajstić information content (AvgIpc) is 2.91. The smallest absolute Gasteiger partial charge is 0.234 e. The Morgan fingerprint density at radius 3 is 3.11 bits per heavy atom. The average molecular weight is 260 g/mol. The van der Waals surface area contributed by atoms with Crippen LogP contribution >= 0.6 is 0 Å². The van der Waals surface area contributed by atoms with Crippen molar-refractivity contribution >= 4 is 5.91 Å². The second kappa shape index (κ2) is 5.65. The predicted octanol–water partition coefficient (Wildman–Crippen LogP) is 0.893. The molecule has 2 heterocycles. The minimum atomic E-state index is 0.159. The molecule has 19 heavy (non-hydrogen) atoms. The lowest BCUT2D eigenvalue weighted by Crippen LogP contribution is -2.43. The molecule has 2 aliphatic rings. The van der Waals surface area contributed by atoms with Gasteiger partial charge in [0.25, 0.3) is 0 Å². The summed E-state index contributed by atoms with van der Waals surface area (Å²) in [7, 11) is 0. The Balaban J connectivity index is 1.52. The van der Waals surface area contributed by atoms with Crippen LogP contribution in [0.2, 0.25) is 0 Å². The molecule has 1 aromatic rings. The van der Waals surface area contributed by atoms with E-state index >= 15 is 0 Å². The molecule has 102 valence electrons. The molecular formula is C14H20N4O. The molecule has 1 N–H and O–H groups in total. The van der Waals surface area contributed by atoms with Gasteiger partial charge in [0.05, 0.1) is 6.54 Å². The SMILES string of the molecule is O=C(CN1CCc2ncncc2C1)NC1CCCC1. The second-order valence-corrected chi connectivity index (χ2v) is 5.50. The van der Waals surface area contributed by atoms with Crippen molar-refractivity contribution in [2.75, 3.05) is 13.1 Å². The van der Waals surface area contributed by atoms with Crippen LogP contribution in [0, 0.1) is 0 Å². The monoisotopic (exact) mass is 260 g/mol. The Morgan fingerprint density at radius 2 is 2.26 bits per heavy atom. The van der Waals surface area contributed by atoms with Crippen molar-refractivity contribution in [3.05, 3.63) is 23.8 Å². The summed E-state index contributed by atoms with van der Waals surface area (Å²) in [5, 5.41) is 3.14. The molecule has 0 radical (unpaired) electrons. The van der Waals surface area contributed by atoms with E-state index in [1.807, 2.05) is 6.20 Å². The van der Waals surface area contributed by atoms with Crippen LogP contribution in [-0.4, -0.2) is 39.9 Å². The number of nitrogens with one attached hydrogen (secondary N) is 1. The van der Waals surface area contributed by atoms with Crippen LogP contribution in [0.1, 0.15) is 36.9 Å². The largest absolute Gasteiger partial charge is 0.352 e. The summed E-state index contributed by atoms with van der Waals surface area (Å²) >= 11 is 0. The molecule has 5 heteroatoms. The molecule has 0 saturated heterocycles. The summed E-state index contributed by atoms with van der Waals surface area (Å²) in [5.41, 5.74) is 2.28. The van der Waals surface area contributed by atoms with Gasteiger partial charge in [-0.25, -0.2) is 9.97 Å². The Morgan fingerprint density at radius 1 is 1.42 bits per heavy atom. The zero-order chi connectivity index (χ0) is 13.1. The Kier molecular flexibility index (Phi) is 3.73. The number of rotatable bonds is 3. The summed E-state index contributed by atoms with van der Waals surface area (Å²) in [6, 6.07) is 0.410. The zero-order valence-corrected chi connectivity index (χ0v) is 11.1. The van der Waals surface area contributed by atoms with E-state index in [-0.39, 0.29) is 5.91 Å². The molecule has 1 amide bonds. The van der Waals surface area contributed by atoms with E-state index < -0.39 is 0 Å². The van der Waals surface area contributed by atoms with Crippen molar-refractivity contribution in [2.45, 2.75) is 44.7 Å². The lowest BCUT2D eigenvalue weighted by atomic mass is 10.1. The number of hydrogen-bond donors (Lipinski definition) is 1. The molecule has 0 spiro atoms. The van der Waals surface area contributed by atoms with Crippen molar-refractivity contribution in [2.24, 2.45) is 0 Å². The lowest BCUT2D eigenvalue weighted by molar-refractivity contribution is -0.123. The predicted molar refractivity (Wildman–Crippen MR) is 71.4 cm³/mol. The van der Waals surface area contributed by atoms with Gasteiger partial charge in [-0.15, -0.1) is 0 Å². The van der Waals surface area contributed by atoms with Gasteiger partial charge >= 0.3 is 0 Å². The Bertz CT molecular complexity index is 457. The van der Waals surface area contributed by atoms with Gasteiger partial charge in [-0.05, 0) is 12.8 Å². The van der Waals surface area contributed by atoms with E-state index in [1.54, 1.807) is 6.33 Å². The third kappa shape index (κ3) is 3.10. The molecule has 1 aromatic heterocycles. The van der Waals surface area contributed by atoms with Gasteiger partial charge in [-0.3, -0.25) is 9.69 Å². The first-order chi connectivity index (χ1) is 9.31. The number of aromatic nitrogens is 2. The topological polar surface area (TPSA) is 58.1 Å². The van der Waals surface area contributed by atoms with Crippen LogP contribution in [0.5, 0.6) is 0 Å². The molecule has 0 aromatic carbocycles. The summed E-state index contributed by atoms with van der Waals surface area (Å²) in [6.45, 7) is 2.18. The van der Waals surface area contributed by atoms with Gasteiger partial charge in [0.15, 0.2) is 0 Å². The van der Waals surface area contributed by atoms with Crippen LogP contribution < -0.4 is 5.32 Å². The fraction of sp³-hybridized carbons (Fsp3) is 0.643. The maximum absolute atomic E-state index is 12.0. The van der Waals surface area contributed by atoms with Crippen molar-refractivity contribution in [1.82, 2.24) is 20.2 Å². The third-order valence-electron chi connectivity index (χ3n) is 4.03. The standard InChI is InChI=1S/C14H20N4O/c19-14(17-12-3-1-2-4-12)9-18-6-5-13-11(8-18)7-15-10-16-13/h7,10,12H,1-6,8-9H2,(H,17,19). The quantitative estimate of drug-likeness (QED) is 0.877. The highest BCUT2D eigenvalue weighted by molar-refractivity contribution is 5.78. The molecule has 0 unspecified atom stereocenters. The lowest BCUT2D eigenvalue weighted by Gasteiger charge is -2.27. The van der Waals surface area contributed by atoms with Crippen LogP contribution in [0.3, 0.4) is 0 Å². The fourth-order valence-corrected chi connectivity index (χ4v) is 3.01. The summed E-state index contributed by atoms with van der Waals surface area (Å²) in [4.78, 5) is 22.5. The van der Waals surface area contributed by atoms with Crippen molar-refractivity contribution < 1.29 is 4.79 Å². The molecule has 3 rings (SSSR count). The first-order valence-electron chi connectivity index (χ1n) is 7.11. The minimum Gasteiger partial charge on any atom is -0.352 e. The van der Waals surface area contributed by atoms with E-state index in [1.165, 1.54) is 12.8 Å². The third-order valence-corrected chi connectivity index (χ3v) is 4.03. The van der Waals surface area contributed by atoms with E-state index in [0.29, 0.717) is 12.6 Å². The summed E-state index contributed by atoms with van der Waals surface area (Å²) in [6.07, 6.45) is 9.16. The molecule has 1 aliphatic heterocycles. The van der Waals surface area contributed by atoms with Gasteiger partial charge in [0.2, 0.25) is 5.91 Å². The Labute approximate surface area is 113 Å². The number of amides is 1. The van der Waals surface area contributed by atoms with Gasteiger partial charge < -0.3 is 5.32 Å². The first kappa shape index (κ1) is 12.5. The maximum Gasteiger partial charge on any atom is 0.234 e. The molecule has 1 aliphatic carbocycles. The molecule has 1 saturated carbocycles. The molecule has 5 nitrogen and oxygen atoms in total. The van der Waals surface area contributed by atoms with Gasteiger partial charge in [-0.1, -0.05) is 12.8 Å². The van der Waals surface area contributed by atoms with Gasteiger partial charge in [0.1, 0.15) is 6.33 Å². The van der Waals surface area contributed by atoms with Crippen molar-refractivity contribution in [3.63, 3.8) is 0 Å². The highest BCUT2D eigenvalue weighted by Crippen LogP contribution is 2.18. The van der Waals surface area contributed by atoms with Gasteiger partial charge in [-0.2, -0.15) is 0 Å². The number of fused-ring (bicyclic) bond motifs is 1. The summed E-state index contributed by atoms with van der Waals surface area (Å²) < 4.78 is 0. The number of carbonyl (C=O) groups excluding carboxylic acids is 1. The normalized spacial score (nSPS) is 20.2. The van der Waals surface area contributed by atoms with E-state index in [2.05, 4.69) is 20.2 Å². The summed E-state index contributed by atoms with van der Waals surface area (Å²) in [5.74, 6) is 0.159. The fourth-order valence-electron chi connectivity index (χ4n) is 3.01. The first-order valence-corrected chi connectivity index (χ1v) is 7.11. The zero-order valence-electron chi connectivity index (χ0n) is 11.1.